The van der Waals surface area contributed by atoms with Crippen LogP contribution in [-0.4, -0.2) is 52.9 Å². The molecule has 0 radical (unpaired) electrons. The molecule has 194 valence electrons. The van der Waals surface area contributed by atoms with Gasteiger partial charge in [-0.3, -0.25) is 9.59 Å². The molecule has 9 nitrogen and oxygen atoms in total. The predicted molar refractivity (Wildman–Crippen MR) is 141 cm³/mol. The Morgan fingerprint density at radius 3 is 2.49 bits per heavy atom. The fourth-order valence-electron chi connectivity index (χ4n) is 4.08. The molecular formula is C27H29ClN4O5. The number of ether oxygens (including phenoxy) is 2. The molecule has 1 aromatic heterocycles. The second-order valence-electron chi connectivity index (χ2n) is 9.48. The second kappa shape index (κ2) is 10.6. The zero-order valence-electron chi connectivity index (χ0n) is 21.2. The second-order valence-corrected chi connectivity index (χ2v) is 9.92. The molecular weight excluding hydrogens is 496 g/mol. The smallest absolute Gasteiger partial charge is 0.359 e. The van der Waals surface area contributed by atoms with Crippen LogP contribution in [0.5, 0.6) is 0 Å². The molecule has 37 heavy (non-hydrogen) atoms. The van der Waals surface area contributed by atoms with Crippen LogP contribution in [0.2, 0.25) is 5.02 Å². The van der Waals surface area contributed by atoms with Crippen molar-refractivity contribution >= 4 is 40.8 Å². The maximum absolute atomic E-state index is 13.7. The van der Waals surface area contributed by atoms with E-state index in [1.54, 1.807) is 60.4 Å². The first kappa shape index (κ1) is 26.2. The highest BCUT2D eigenvalue weighted by atomic mass is 35.5. The summed E-state index contributed by atoms with van der Waals surface area (Å²) in [5.74, 6) is -1.22. The van der Waals surface area contributed by atoms with Crippen LogP contribution >= 0.6 is 11.6 Å². The lowest BCUT2D eigenvalue weighted by atomic mass is 10.0. The summed E-state index contributed by atoms with van der Waals surface area (Å²) in [7, 11) is 0. The SMILES string of the molecule is CCOC(=O)c1nn(-c2cccc(Cl)c2)c2c1CCN(c1ccc(NCC(=O)OC(C)(C)C)cc1)C2=O. The first-order valence-corrected chi connectivity index (χ1v) is 12.4. The summed E-state index contributed by atoms with van der Waals surface area (Å²) in [5.41, 5.74) is 2.38. The van der Waals surface area contributed by atoms with E-state index >= 15 is 0 Å². The van der Waals surface area contributed by atoms with Crippen LogP contribution in [0.1, 0.15) is 54.2 Å². The van der Waals surface area contributed by atoms with Gasteiger partial charge >= 0.3 is 11.9 Å². The summed E-state index contributed by atoms with van der Waals surface area (Å²) >= 11 is 6.19. The summed E-state index contributed by atoms with van der Waals surface area (Å²) in [4.78, 5) is 40.0. The number of nitrogens with zero attached hydrogens (tertiary/aromatic N) is 3. The van der Waals surface area contributed by atoms with E-state index in [0.717, 1.165) is 0 Å². The number of hydrogen-bond acceptors (Lipinski definition) is 7. The molecule has 3 aromatic rings. The first-order chi connectivity index (χ1) is 17.6. The van der Waals surface area contributed by atoms with Crippen molar-refractivity contribution in [3.05, 3.63) is 70.5 Å². The molecule has 2 aromatic carbocycles. The van der Waals surface area contributed by atoms with Crippen LogP contribution in [-0.2, 0) is 20.7 Å². The Morgan fingerprint density at radius 1 is 1.11 bits per heavy atom. The van der Waals surface area contributed by atoms with Crippen molar-refractivity contribution in [1.29, 1.82) is 0 Å². The number of carbonyl (C=O) groups excluding carboxylic acids is 3. The lowest BCUT2D eigenvalue weighted by Crippen LogP contribution is -2.39. The van der Waals surface area contributed by atoms with Crippen molar-refractivity contribution in [2.75, 3.05) is 29.9 Å². The molecule has 1 aliphatic rings. The van der Waals surface area contributed by atoms with Gasteiger partial charge in [-0.2, -0.15) is 5.10 Å². The quantitative estimate of drug-likeness (QED) is 0.448. The van der Waals surface area contributed by atoms with Crippen molar-refractivity contribution < 1.29 is 23.9 Å². The van der Waals surface area contributed by atoms with Crippen LogP contribution in [0.25, 0.3) is 5.69 Å². The number of halogens is 1. The van der Waals surface area contributed by atoms with Gasteiger partial charge in [-0.1, -0.05) is 17.7 Å². The van der Waals surface area contributed by atoms with Crippen LogP contribution in [0, 0.1) is 0 Å². The van der Waals surface area contributed by atoms with Crippen LogP contribution in [0.15, 0.2) is 48.5 Å². The zero-order valence-corrected chi connectivity index (χ0v) is 22.0. The van der Waals surface area contributed by atoms with Crippen molar-refractivity contribution in [3.8, 4) is 5.69 Å². The Morgan fingerprint density at radius 2 is 1.84 bits per heavy atom. The van der Waals surface area contributed by atoms with Gasteiger partial charge in [0.2, 0.25) is 0 Å². The molecule has 1 aliphatic heterocycles. The van der Waals surface area contributed by atoms with Crippen LogP contribution < -0.4 is 10.2 Å². The number of nitrogens with one attached hydrogen (secondary N) is 1. The topological polar surface area (TPSA) is 103 Å². The summed E-state index contributed by atoms with van der Waals surface area (Å²) in [6, 6.07) is 14.1. The molecule has 1 N–H and O–H groups in total. The third kappa shape index (κ3) is 5.94. The van der Waals surface area contributed by atoms with Gasteiger partial charge in [0.05, 0.1) is 12.3 Å². The minimum Gasteiger partial charge on any atom is -0.461 e. The predicted octanol–water partition coefficient (Wildman–Crippen LogP) is 4.66. The maximum atomic E-state index is 13.7. The third-order valence-electron chi connectivity index (χ3n) is 5.57. The molecule has 0 aliphatic carbocycles. The van der Waals surface area contributed by atoms with Crippen molar-refractivity contribution in [3.63, 3.8) is 0 Å². The molecule has 1 amide bonds. The number of carbonyl (C=O) groups is 3. The van der Waals surface area contributed by atoms with E-state index in [1.165, 1.54) is 4.68 Å². The number of fused-ring (bicyclic) bond motifs is 1. The van der Waals surface area contributed by atoms with E-state index < -0.39 is 11.6 Å². The molecule has 4 rings (SSSR count). The Labute approximate surface area is 220 Å². The number of rotatable bonds is 7. The number of hydrogen-bond donors (Lipinski definition) is 1. The number of benzene rings is 2. The first-order valence-electron chi connectivity index (χ1n) is 12.0. The molecule has 0 unspecified atom stereocenters. The van der Waals surface area contributed by atoms with Crippen molar-refractivity contribution in [2.45, 2.75) is 39.7 Å². The van der Waals surface area contributed by atoms with Gasteiger partial charge in [0, 0.05) is 28.5 Å². The Balaban J connectivity index is 1.60. The summed E-state index contributed by atoms with van der Waals surface area (Å²) in [6.45, 7) is 7.75. The molecule has 0 spiro atoms. The normalized spacial score (nSPS) is 13.2. The lowest BCUT2D eigenvalue weighted by molar-refractivity contribution is -0.152. The average Bonchev–Trinajstić information content (AvgIpc) is 3.23. The highest BCUT2D eigenvalue weighted by Crippen LogP contribution is 2.30. The molecule has 0 saturated heterocycles. The average molecular weight is 525 g/mol. The Hall–Kier alpha value is -3.85. The minimum absolute atomic E-state index is 0.0259. The Kier molecular flexibility index (Phi) is 7.54. The number of aromatic nitrogens is 2. The highest BCUT2D eigenvalue weighted by Gasteiger charge is 2.35. The van der Waals surface area contributed by atoms with Gasteiger partial charge in [-0.05, 0) is 76.6 Å². The number of amides is 1. The van der Waals surface area contributed by atoms with E-state index in [0.29, 0.717) is 46.3 Å². The summed E-state index contributed by atoms with van der Waals surface area (Å²) < 4.78 is 12.0. The molecule has 2 heterocycles. The van der Waals surface area contributed by atoms with Gasteiger partial charge in [-0.15, -0.1) is 0 Å². The largest absolute Gasteiger partial charge is 0.461 e. The number of esters is 2. The molecule has 10 heteroatoms. The highest BCUT2D eigenvalue weighted by molar-refractivity contribution is 6.30. The third-order valence-corrected chi connectivity index (χ3v) is 5.81. The zero-order chi connectivity index (χ0) is 26.7. The fraction of sp³-hybridized carbons (Fsp3) is 0.333. The standard InChI is InChI=1S/C27H29ClN4O5/c1-5-36-26(35)23-21-13-14-31(25(34)24(21)32(30-23)20-8-6-7-17(28)15-20)19-11-9-18(10-12-19)29-16-22(33)37-27(2,3)4/h6-12,15,29H,5,13-14,16H2,1-4H3. The summed E-state index contributed by atoms with van der Waals surface area (Å²) in [5, 5.41) is 7.97. The van der Waals surface area contributed by atoms with E-state index in [-0.39, 0.29) is 30.7 Å². The number of anilines is 2. The summed E-state index contributed by atoms with van der Waals surface area (Å²) in [6.07, 6.45) is 0.425. The Bertz CT molecular complexity index is 1330. The van der Waals surface area contributed by atoms with Gasteiger partial charge in [0.1, 0.15) is 17.8 Å². The van der Waals surface area contributed by atoms with Crippen LogP contribution in [0.3, 0.4) is 0 Å². The van der Waals surface area contributed by atoms with Crippen LogP contribution in [0.4, 0.5) is 11.4 Å². The van der Waals surface area contributed by atoms with Crippen molar-refractivity contribution in [1.82, 2.24) is 9.78 Å². The van der Waals surface area contributed by atoms with E-state index in [1.807, 2.05) is 20.8 Å². The van der Waals surface area contributed by atoms with E-state index in [9.17, 15) is 14.4 Å². The monoisotopic (exact) mass is 524 g/mol. The van der Waals surface area contributed by atoms with E-state index in [4.69, 9.17) is 21.1 Å². The lowest BCUT2D eigenvalue weighted by Gasteiger charge is -2.28. The minimum atomic E-state index is -0.568. The van der Waals surface area contributed by atoms with Gasteiger partial charge < -0.3 is 19.7 Å². The fourth-order valence-corrected chi connectivity index (χ4v) is 4.26. The van der Waals surface area contributed by atoms with Gasteiger partial charge in [-0.25, -0.2) is 9.48 Å². The molecule has 0 atom stereocenters. The molecule has 0 bridgehead atoms. The van der Waals surface area contributed by atoms with Gasteiger partial charge in [0.15, 0.2) is 5.69 Å². The van der Waals surface area contributed by atoms with Crippen molar-refractivity contribution in [2.24, 2.45) is 0 Å². The molecule has 0 fully saturated rings. The van der Waals surface area contributed by atoms with E-state index in [2.05, 4.69) is 10.4 Å². The molecule has 0 saturated carbocycles. The van der Waals surface area contributed by atoms with Gasteiger partial charge in [0.25, 0.3) is 5.91 Å². The maximum Gasteiger partial charge on any atom is 0.359 e.